The van der Waals surface area contributed by atoms with Gasteiger partial charge in [-0.15, -0.1) is 0 Å². The van der Waals surface area contributed by atoms with E-state index in [2.05, 4.69) is 10.3 Å². The summed E-state index contributed by atoms with van der Waals surface area (Å²) in [5, 5.41) is 2.40. The molecule has 0 atom stereocenters. The highest BCUT2D eigenvalue weighted by atomic mass is 19.4. The molecule has 1 aromatic heterocycles. The van der Waals surface area contributed by atoms with E-state index in [9.17, 15) is 22.8 Å². The number of ether oxygens (including phenoxy) is 1. The van der Waals surface area contributed by atoms with Crippen molar-refractivity contribution in [3.63, 3.8) is 0 Å². The number of halogens is 3. The van der Waals surface area contributed by atoms with E-state index in [-0.39, 0.29) is 5.69 Å². The van der Waals surface area contributed by atoms with Gasteiger partial charge < -0.3 is 10.1 Å². The Bertz CT molecular complexity index is 847. The number of carbonyl (C=O) groups is 2. The first-order valence-electron chi connectivity index (χ1n) is 8.74. The van der Waals surface area contributed by atoms with Crippen molar-refractivity contribution in [2.24, 2.45) is 0 Å². The first-order valence-corrected chi connectivity index (χ1v) is 8.74. The van der Waals surface area contributed by atoms with Crippen LogP contribution in [0.4, 0.5) is 24.7 Å². The Labute approximate surface area is 159 Å². The second kappa shape index (κ2) is 8.28. The molecule has 1 saturated heterocycles. The summed E-state index contributed by atoms with van der Waals surface area (Å²) in [5.41, 5.74) is -0.307. The molecular weight excluding hydrogens is 375 g/mol. The van der Waals surface area contributed by atoms with Crippen LogP contribution < -0.4 is 15.2 Å². The molecule has 1 aromatic carbocycles. The van der Waals surface area contributed by atoms with Crippen molar-refractivity contribution in [3.05, 3.63) is 53.7 Å². The molecule has 2 aromatic rings. The molecule has 28 heavy (non-hydrogen) atoms. The second-order valence-electron chi connectivity index (χ2n) is 6.33. The molecule has 1 amide bonds. The average molecular weight is 394 g/mol. The summed E-state index contributed by atoms with van der Waals surface area (Å²) >= 11 is 0. The van der Waals surface area contributed by atoms with Crippen molar-refractivity contribution < 1.29 is 32.5 Å². The summed E-state index contributed by atoms with van der Waals surface area (Å²) in [4.78, 5) is 29.4. The van der Waals surface area contributed by atoms with Gasteiger partial charge in [-0.25, -0.2) is 9.78 Å². The third-order valence-corrected chi connectivity index (χ3v) is 4.31. The van der Waals surface area contributed by atoms with Gasteiger partial charge in [0.05, 0.1) is 24.8 Å². The highest BCUT2D eigenvalue weighted by molar-refractivity contribution is 5.97. The van der Waals surface area contributed by atoms with Gasteiger partial charge in [-0.05, 0) is 49.2 Å². The number of nitrogens with zero attached hydrogens (tertiary/aromatic N) is 1. The molecule has 0 unspecified atom stereocenters. The van der Waals surface area contributed by atoms with Crippen LogP contribution in [0.2, 0.25) is 0 Å². The van der Waals surface area contributed by atoms with E-state index in [0.717, 1.165) is 50.2 Å². The van der Waals surface area contributed by atoms with Gasteiger partial charge in [-0.2, -0.15) is 13.2 Å². The van der Waals surface area contributed by atoms with Gasteiger partial charge >= 0.3 is 12.1 Å². The van der Waals surface area contributed by atoms with Gasteiger partial charge in [-0.3, -0.25) is 9.69 Å². The maximum atomic E-state index is 12.5. The fourth-order valence-electron chi connectivity index (χ4n) is 2.94. The van der Waals surface area contributed by atoms with Crippen LogP contribution in [-0.4, -0.2) is 31.6 Å². The lowest BCUT2D eigenvalue weighted by molar-refractivity contribution is -0.364. The van der Waals surface area contributed by atoms with Gasteiger partial charge in [0, 0.05) is 5.69 Å². The molecule has 1 aliphatic rings. The predicted molar refractivity (Wildman–Crippen MR) is 94.8 cm³/mol. The lowest BCUT2D eigenvalue weighted by Crippen LogP contribution is -2.29. The minimum absolute atomic E-state index is 0.180. The van der Waals surface area contributed by atoms with Crippen LogP contribution in [0.3, 0.4) is 0 Å². The molecule has 2 heterocycles. The second-order valence-corrected chi connectivity index (χ2v) is 6.33. The Morgan fingerprint density at radius 2 is 1.79 bits per heavy atom. The summed E-state index contributed by atoms with van der Waals surface area (Å²) in [6.45, 7) is 1.11. The van der Waals surface area contributed by atoms with Crippen molar-refractivity contribution >= 4 is 23.4 Å². The summed E-state index contributed by atoms with van der Waals surface area (Å²) < 4.78 is 42.7. The number of nitrogens with one attached hydrogen (secondary N) is 2. The summed E-state index contributed by atoms with van der Waals surface area (Å²) in [6.07, 6.45) is -0.668. The number of benzene rings is 1. The third kappa shape index (κ3) is 4.79. The van der Waals surface area contributed by atoms with Crippen molar-refractivity contribution in [2.75, 3.05) is 29.9 Å². The average Bonchev–Trinajstić information content (AvgIpc) is 3.20. The number of alkyl halides is 3. The molecule has 0 aliphatic carbocycles. The zero-order valence-corrected chi connectivity index (χ0v) is 14.9. The van der Waals surface area contributed by atoms with Crippen molar-refractivity contribution in [2.45, 2.75) is 19.0 Å². The fraction of sp³-hybridized carbons (Fsp3) is 0.316. The van der Waals surface area contributed by atoms with Crippen LogP contribution in [-0.2, 0) is 15.7 Å². The van der Waals surface area contributed by atoms with Gasteiger partial charge in [0.1, 0.15) is 5.56 Å². The maximum absolute atomic E-state index is 12.5. The molecular formula is C19H19F3N3O3+. The van der Waals surface area contributed by atoms with Crippen LogP contribution >= 0.6 is 0 Å². The van der Waals surface area contributed by atoms with Crippen molar-refractivity contribution in [1.82, 2.24) is 0 Å². The quantitative estimate of drug-likeness (QED) is 0.792. The smallest absolute Gasteiger partial charge is 0.416 e. The maximum Gasteiger partial charge on any atom is 0.416 e. The summed E-state index contributed by atoms with van der Waals surface area (Å²) in [7, 11) is 0. The third-order valence-electron chi connectivity index (χ3n) is 4.31. The summed E-state index contributed by atoms with van der Waals surface area (Å²) in [5.74, 6) is -0.648. The zero-order valence-electron chi connectivity index (χ0n) is 14.9. The SMILES string of the molecule is O=C(COC(=O)c1ccc[nH+]c1N1CCCC1)Nc1ccc(C(F)(F)F)cc1. The minimum atomic E-state index is -4.45. The standard InChI is InChI=1S/C19H18F3N3O3/c20-19(21,22)13-5-7-14(8-6-13)24-16(26)12-28-18(27)15-4-3-9-23-17(15)25-10-1-2-11-25/h3-9H,1-2,10-12H2,(H,24,26)/p+1. The Kier molecular flexibility index (Phi) is 5.81. The zero-order chi connectivity index (χ0) is 20.1. The number of esters is 1. The first kappa shape index (κ1) is 19.7. The molecule has 2 N–H and O–H groups in total. The minimum Gasteiger partial charge on any atom is -0.452 e. The number of hydrogen-bond donors (Lipinski definition) is 1. The largest absolute Gasteiger partial charge is 0.452 e. The van der Waals surface area contributed by atoms with Crippen molar-refractivity contribution in [1.29, 1.82) is 0 Å². The Morgan fingerprint density at radius 3 is 2.43 bits per heavy atom. The Morgan fingerprint density at radius 1 is 1.11 bits per heavy atom. The monoisotopic (exact) mass is 394 g/mol. The van der Waals surface area contributed by atoms with Crippen molar-refractivity contribution in [3.8, 4) is 0 Å². The number of amides is 1. The first-order chi connectivity index (χ1) is 13.3. The topological polar surface area (TPSA) is 72.8 Å². The van der Waals surface area contributed by atoms with Crippen LogP contribution in [0.15, 0.2) is 42.6 Å². The van der Waals surface area contributed by atoms with Crippen LogP contribution in [0.25, 0.3) is 0 Å². The van der Waals surface area contributed by atoms with E-state index in [4.69, 9.17) is 4.74 Å². The Balaban J connectivity index is 1.57. The van der Waals surface area contributed by atoms with Gasteiger partial charge in [-0.1, -0.05) is 0 Å². The molecule has 1 fully saturated rings. The number of aromatic amines is 1. The molecule has 1 aliphatic heterocycles. The summed E-state index contributed by atoms with van der Waals surface area (Å²) in [6, 6.07) is 7.28. The van der Waals surface area contributed by atoms with E-state index < -0.39 is 30.2 Å². The number of H-pyrrole nitrogens is 1. The van der Waals surface area contributed by atoms with Gasteiger partial charge in [0.2, 0.25) is 0 Å². The van der Waals surface area contributed by atoms with Crippen LogP contribution in [0, 0.1) is 0 Å². The van der Waals surface area contributed by atoms with Gasteiger partial charge in [0.25, 0.3) is 11.7 Å². The molecule has 0 saturated carbocycles. The van der Waals surface area contributed by atoms with E-state index in [1.54, 1.807) is 18.3 Å². The fourth-order valence-corrected chi connectivity index (χ4v) is 2.94. The highest BCUT2D eigenvalue weighted by Crippen LogP contribution is 2.29. The number of hydrogen-bond acceptors (Lipinski definition) is 4. The van der Waals surface area contributed by atoms with E-state index in [0.29, 0.717) is 11.4 Å². The molecule has 0 bridgehead atoms. The number of anilines is 2. The lowest BCUT2D eigenvalue weighted by Gasteiger charge is -2.12. The van der Waals surface area contributed by atoms with E-state index in [1.165, 1.54) is 0 Å². The highest BCUT2D eigenvalue weighted by Gasteiger charge is 2.30. The van der Waals surface area contributed by atoms with Crippen LogP contribution in [0.1, 0.15) is 28.8 Å². The molecule has 9 heteroatoms. The lowest BCUT2D eigenvalue weighted by atomic mass is 10.2. The molecule has 148 valence electrons. The number of aromatic nitrogens is 1. The van der Waals surface area contributed by atoms with E-state index in [1.807, 2.05) is 4.90 Å². The molecule has 0 spiro atoms. The predicted octanol–water partition coefficient (Wildman–Crippen LogP) is 2.92. The van der Waals surface area contributed by atoms with Gasteiger partial charge in [0.15, 0.2) is 6.61 Å². The van der Waals surface area contributed by atoms with E-state index >= 15 is 0 Å². The number of carbonyl (C=O) groups excluding carboxylic acids is 2. The normalized spacial score (nSPS) is 14.0. The Hall–Kier alpha value is -3.10. The van der Waals surface area contributed by atoms with Crippen LogP contribution in [0.5, 0.6) is 0 Å². The molecule has 6 nitrogen and oxygen atoms in total. The number of pyridine rings is 1. The molecule has 0 radical (unpaired) electrons. The molecule has 3 rings (SSSR count). The number of rotatable bonds is 5.